The molecule has 0 radical (unpaired) electrons. The van der Waals surface area contributed by atoms with Crippen LogP contribution in [-0.4, -0.2) is 66.5 Å². The summed E-state index contributed by atoms with van der Waals surface area (Å²) in [5.74, 6) is -0.181. The van der Waals surface area contributed by atoms with Gasteiger partial charge in [-0.25, -0.2) is 9.37 Å². The van der Waals surface area contributed by atoms with Gasteiger partial charge < -0.3 is 19.9 Å². The third-order valence-corrected chi connectivity index (χ3v) is 8.55. The minimum atomic E-state index is -0.948. The fourth-order valence-electron chi connectivity index (χ4n) is 6.32. The number of nitrogens with zero attached hydrogens (tertiary/aromatic N) is 2. The molecular formula is C33H48FN3O4. The van der Waals surface area contributed by atoms with Gasteiger partial charge in [0.1, 0.15) is 17.7 Å². The number of aryl methyl sites for hydroxylation is 2. The Hall–Kier alpha value is -2.55. The summed E-state index contributed by atoms with van der Waals surface area (Å²) in [6.45, 7) is 12.2. The van der Waals surface area contributed by atoms with Crippen molar-refractivity contribution in [3.8, 4) is 0 Å². The van der Waals surface area contributed by atoms with Crippen LogP contribution in [0.25, 0.3) is 0 Å². The molecule has 1 aromatic heterocycles. The van der Waals surface area contributed by atoms with Crippen LogP contribution in [0.3, 0.4) is 0 Å². The largest absolute Gasteiger partial charge is 0.480 e. The predicted octanol–water partition coefficient (Wildman–Crippen LogP) is 6.37. The van der Waals surface area contributed by atoms with Crippen molar-refractivity contribution >= 4 is 11.8 Å². The fraction of sp³-hybridized carbons (Fsp3) is 0.636. The van der Waals surface area contributed by atoms with Crippen molar-refractivity contribution in [1.82, 2.24) is 9.88 Å². The summed E-state index contributed by atoms with van der Waals surface area (Å²) in [5, 5.41) is 13.6. The molecule has 3 aliphatic rings. The van der Waals surface area contributed by atoms with Crippen molar-refractivity contribution in [2.45, 2.75) is 90.7 Å². The normalized spacial score (nSPS) is 21.0. The average Bonchev–Trinajstić information content (AvgIpc) is 2.94. The number of carbonyl (C=O) groups is 1. The second-order valence-electron chi connectivity index (χ2n) is 12.0. The van der Waals surface area contributed by atoms with E-state index in [1.165, 1.54) is 24.1 Å². The van der Waals surface area contributed by atoms with E-state index in [9.17, 15) is 14.3 Å². The molecule has 5 rings (SSSR count). The number of likely N-dealkylation sites (tertiary alicyclic amines) is 1. The number of fused-ring (bicyclic) bond motifs is 1. The van der Waals surface area contributed by atoms with E-state index in [0.29, 0.717) is 38.5 Å². The van der Waals surface area contributed by atoms with Crippen molar-refractivity contribution in [2.75, 3.05) is 44.8 Å². The Balaban J connectivity index is 0.00000189. The van der Waals surface area contributed by atoms with Crippen molar-refractivity contribution in [1.29, 1.82) is 0 Å². The number of carboxylic acids is 1. The first-order valence-electron chi connectivity index (χ1n) is 15.5. The first-order chi connectivity index (χ1) is 19.8. The highest BCUT2D eigenvalue weighted by Gasteiger charge is 2.42. The standard InChI is InChI=1S/C31H42FN3O4.C2H6/c1-31(2)20-38-16-13-27(31)25-12-10-22(32)17-26(25)28(30(36)37)35-18-24(19-35)39-15-5-3-4-8-23-11-9-21-7-6-14-33-29(21)34-23;1-2/h9-12,17,24,27-28H,3-8,13-16,18-20H2,1-2H3,(H,33,34)(H,36,37);1-2H3. The van der Waals surface area contributed by atoms with Crippen LogP contribution in [0.5, 0.6) is 0 Å². The van der Waals surface area contributed by atoms with Gasteiger partial charge in [-0.05, 0) is 84.7 Å². The van der Waals surface area contributed by atoms with Crippen molar-refractivity contribution in [2.24, 2.45) is 5.41 Å². The van der Waals surface area contributed by atoms with Crippen LogP contribution in [0.15, 0.2) is 30.3 Å². The summed E-state index contributed by atoms with van der Waals surface area (Å²) in [6, 6.07) is 8.12. The Labute approximate surface area is 244 Å². The molecular weight excluding hydrogens is 521 g/mol. The van der Waals surface area contributed by atoms with Crippen LogP contribution in [0.2, 0.25) is 0 Å². The molecule has 2 unspecified atom stereocenters. The van der Waals surface area contributed by atoms with Gasteiger partial charge in [0.25, 0.3) is 0 Å². The van der Waals surface area contributed by atoms with Gasteiger partial charge in [0, 0.05) is 38.5 Å². The molecule has 2 fully saturated rings. The summed E-state index contributed by atoms with van der Waals surface area (Å²) < 4.78 is 26.1. The van der Waals surface area contributed by atoms with Gasteiger partial charge in [0.15, 0.2) is 0 Å². The maximum atomic E-state index is 14.4. The maximum absolute atomic E-state index is 14.4. The van der Waals surface area contributed by atoms with E-state index in [2.05, 4.69) is 31.3 Å². The van der Waals surface area contributed by atoms with Crippen LogP contribution in [0.4, 0.5) is 10.2 Å². The third kappa shape index (κ3) is 7.85. The number of pyridine rings is 1. The molecule has 0 spiro atoms. The van der Waals surface area contributed by atoms with Gasteiger partial charge >= 0.3 is 5.97 Å². The number of benzene rings is 1. The molecule has 2 N–H and O–H groups in total. The highest BCUT2D eigenvalue weighted by atomic mass is 19.1. The van der Waals surface area contributed by atoms with Crippen molar-refractivity contribution in [3.63, 3.8) is 0 Å². The summed E-state index contributed by atoms with van der Waals surface area (Å²) in [7, 11) is 0. The van der Waals surface area contributed by atoms with Crippen molar-refractivity contribution < 1.29 is 23.8 Å². The lowest BCUT2D eigenvalue weighted by atomic mass is 9.70. The zero-order chi connectivity index (χ0) is 29.4. The Morgan fingerprint density at radius 2 is 2.02 bits per heavy atom. The number of hydrogen-bond acceptors (Lipinski definition) is 6. The molecule has 0 amide bonds. The molecule has 2 aromatic rings. The number of carboxylic acid groups (broad SMARTS) is 1. The lowest BCUT2D eigenvalue weighted by molar-refractivity contribution is -0.151. The van der Waals surface area contributed by atoms with Crippen LogP contribution >= 0.6 is 0 Å². The molecule has 4 heterocycles. The Bertz CT molecular complexity index is 1150. The average molecular weight is 570 g/mol. The van der Waals surface area contributed by atoms with Crippen LogP contribution < -0.4 is 5.32 Å². The van der Waals surface area contributed by atoms with Gasteiger partial charge in [-0.1, -0.05) is 46.2 Å². The minimum Gasteiger partial charge on any atom is -0.480 e. The van der Waals surface area contributed by atoms with Gasteiger partial charge in [-0.2, -0.15) is 0 Å². The molecule has 41 heavy (non-hydrogen) atoms. The number of ether oxygens (including phenoxy) is 2. The number of unbranched alkanes of at least 4 members (excludes halogenated alkanes) is 2. The van der Waals surface area contributed by atoms with Crippen molar-refractivity contribution in [3.05, 3.63) is 58.5 Å². The monoisotopic (exact) mass is 569 g/mol. The highest BCUT2D eigenvalue weighted by molar-refractivity contribution is 5.76. The number of aliphatic carboxylic acids is 1. The van der Waals surface area contributed by atoms with E-state index in [1.807, 2.05) is 18.7 Å². The van der Waals surface area contributed by atoms with Gasteiger partial charge in [0.2, 0.25) is 0 Å². The summed E-state index contributed by atoms with van der Waals surface area (Å²) in [4.78, 5) is 19.1. The predicted molar refractivity (Wildman–Crippen MR) is 160 cm³/mol. The molecule has 0 saturated carbocycles. The lowest BCUT2D eigenvalue weighted by Gasteiger charge is -2.44. The van der Waals surface area contributed by atoms with E-state index in [-0.39, 0.29) is 17.4 Å². The van der Waals surface area contributed by atoms with Crippen LogP contribution in [0.1, 0.15) is 94.1 Å². The molecule has 3 aliphatic heterocycles. The van der Waals surface area contributed by atoms with E-state index in [0.717, 1.165) is 62.1 Å². The number of rotatable bonds is 11. The Kier molecular flexibility index (Phi) is 11.1. The first-order valence-corrected chi connectivity index (χ1v) is 15.5. The third-order valence-electron chi connectivity index (χ3n) is 8.55. The lowest BCUT2D eigenvalue weighted by Crippen LogP contribution is -2.55. The maximum Gasteiger partial charge on any atom is 0.325 e. The number of hydrogen-bond donors (Lipinski definition) is 2. The van der Waals surface area contributed by atoms with E-state index in [4.69, 9.17) is 14.5 Å². The molecule has 226 valence electrons. The summed E-state index contributed by atoms with van der Waals surface area (Å²) in [6.07, 6.45) is 7.15. The molecule has 2 saturated heterocycles. The van der Waals surface area contributed by atoms with Crippen LogP contribution in [0, 0.1) is 11.2 Å². The quantitative estimate of drug-likeness (QED) is 0.304. The van der Waals surface area contributed by atoms with E-state index >= 15 is 0 Å². The molecule has 7 nitrogen and oxygen atoms in total. The highest BCUT2D eigenvalue weighted by Crippen LogP contribution is 2.45. The SMILES string of the molecule is CC.CC1(C)COCCC1c1ccc(F)cc1C(C(=O)O)N1CC(OCCCCCc2ccc3c(n2)NCCC3)C1. The first kappa shape index (κ1) is 31.4. The molecule has 0 aliphatic carbocycles. The van der Waals surface area contributed by atoms with Gasteiger partial charge in [-0.15, -0.1) is 0 Å². The molecule has 8 heteroatoms. The fourth-order valence-corrected chi connectivity index (χ4v) is 6.32. The van der Waals surface area contributed by atoms with Gasteiger partial charge in [-0.3, -0.25) is 9.69 Å². The second-order valence-corrected chi connectivity index (χ2v) is 12.0. The smallest absolute Gasteiger partial charge is 0.325 e. The topological polar surface area (TPSA) is 83.9 Å². The Morgan fingerprint density at radius 3 is 2.78 bits per heavy atom. The minimum absolute atomic E-state index is 0.0109. The zero-order valence-electron chi connectivity index (χ0n) is 25.3. The van der Waals surface area contributed by atoms with E-state index < -0.39 is 17.8 Å². The number of halogens is 1. The number of nitrogens with one attached hydrogen (secondary N) is 1. The summed E-state index contributed by atoms with van der Waals surface area (Å²) in [5.41, 5.74) is 3.79. The molecule has 0 bridgehead atoms. The number of anilines is 1. The molecule has 1 aromatic carbocycles. The number of aromatic nitrogens is 1. The summed E-state index contributed by atoms with van der Waals surface area (Å²) >= 11 is 0. The van der Waals surface area contributed by atoms with Gasteiger partial charge in [0.05, 0.1) is 12.7 Å². The van der Waals surface area contributed by atoms with Crippen LogP contribution in [-0.2, 0) is 27.1 Å². The van der Waals surface area contributed by atoms with E-state index in [1.54, 1.807) is 6.07 Å². The molecule has 2 atom stereocenters. The second kappa shape index (κ2) is 14.6. The zero-order valence-corrected chi connectivity index (χ0v) is 25.3. The Morgan fingerprint density at radius 1 is 1.22 bits per heavy atom.